The van der Waals surface area contributed by atoms with Gasteiger partial charge < -0.3 is 25.6 Å². The number of carbonyl (C=O) groups is 1. The van der Waals surface area contributed by atoms with Crippen LogP contribution in [0.25, 0.3) is 0 Å². The molecule has 0 bridgehead atoms. The molecule has 1 atom stereocenters. The number of likely N-dealkylation sites (tertiary alicyclic amines) is 2. The number of primary amides is 1. The standard InChI is InChI=1S/C21H33N5O2/c1-2-23-21(26-11-8-18(15-26)14-25-9-3-4-10-25)24-13-17-6-5-7-19(12-17)28-16-20(22)27/h5-7,12,18H,2-4,8-11,13-16H2,1H3,(H2,22,27)(H,23,24). The molecule has 0 saturated carbocycles. The Morgan fingerprint density at radius 3 is 2.89 bits per heavy atom. The number of carbonyl (C=O) groups excluding carboxylic acids is 1. The molecule has 2 heterocycles. The van der Waals surface area contributed by atoms with Crippen molar-refractivity contribution in [1.82, 2.24) is 15.1 Å². The van der Waals surface area contributed by atoms with Crippen LogP contribution in [0.15, 0.2) is 29.3 Å². The molecule has 0 radical (unpaired) electrons. The van der Waals surface area contributed by atoms with E-state index in [1.165, 1.54) is 38.9 Å². The highest BCUT2D eigenvalue weighted by molar-refractivity contribution is 5.80. The van der Waals surface area contributed by atoms with E-state index in [9.17, 15) is 4.79 Å². The number of hydrogen-bond donors (Lipinski definition) is 2. The summed E-state index contributed by atoms with van der Waals surface area (Å²) in [7, 11) is 0. The van der Waals surface area contributed by atoms with Crippen LogP contribution in [0.1, 0.15) is 31.7 Å². The van der Waals surface area contributed by atoms with E-state index in [0.717, 1.165) is 37.1 Å². The van der Waals surface area contributed by atoms with Crippen molar-refractivity contribution >= 4 is 11.9 Å². The number of nitrogens with zero attached hydrogens (tertiary/aromatic N) is 3. The van der Waals surface area contributed by atoms with E-state index in [1.54, 1.807) is 0 Å². The normalized spacial score (nSPS) is 20.5. The summed E-state index contributed by atoms with van der Waals surface area (Å²) in [6.45, 7) is 9.30. The molecule has 1 amide bonds. The fourth-order valence-electron chi connectivity index (χ4n) is 3.98. The minimum absolute atomic E-state index is 0.110. The second-order valence-electron chi connectivity index (χ2n) is 7.68. The first kappa shape index (κ1) is 20.5. The predicted octanol–water partition coefficient (Wildman–Crippen LogP) is 1.43. The lowest BCUT2D eigenvalue weighted by atomic mass is 10.1. The van der Waals surface area contributed by atoms with Crippen molar-refractivity contribution in [3.05, 3.63) is 29.8 Å². The molecule has 0 aromatic heterocycles. The lowest BCUT2D eigenvalue weighted by molar-refractivity contribution is -0.119. The summed E-state index contributed by atoms with van der Waals surface area (Å²) in [5, 5.41) is 3.43. The van der Waals surface area contributed by atoms with Crippen molar-refractivity contribution in [1.29, 1.82) is 0 Å². The van der Waals surface area contributed by atoms with Crippen molar-refractivity contribution < 1.29 is 9.53 Å². The summed E-state index contributed by atoms with van der Waals surface area (Å²) in [5.41, 5.74) is 6.19. The molecule has 2 aliphatic heterocycles. The van der Waals surface area contributed by atoms with Crippen LogP contribution in [0.5, 0.6) is 5.75 Å². The maximum Gasteiger partial charge on any atom is 0.255 e. The summed E-state index contributed by atoms with van der Waals surface area (Å²) < 4.78 is 5.39. The molecule has 1 unspecified atom stereocenters. The molecular weight excluding hydrogens is 354 g/mol. The Bertz CT molecular complexity index is 673. The Balaban J connectivity index is 1.56. The molecule has 7 heteroatoms. The SMILES string of the molecule is CCNC(=NCc1cccc(OCC(N)=O)c1)N1CCC(CN2CCCC2)C1. The summed E-state index contributed by atoms with van der Waals surface area (Å²) in [6, 6.07) is 7.67. The number of guanidine groups is 1. The Hall–Kier alpha value is -2.28. The maximum atomic E-state index is 10.9. The van der Waals surface area contributed by atoms with Crippen molar-refractivity contribution in [2.75, 3.05) is 45.9 Å². The second kappa shape index (κ2) is 10.3. The van der Waals surface area contributed by atoms with Gasteiger partial charge in [0, 0.05) is 26.2 Å². The maximum absolute atomic E-state index is 10.9. The van der Waals surface area contributed by atoms with Gasteiger partial charge in [0.05, 0.1) is 6.54 Å². The molecule has 2 saturated heterocycles. The number of aliphatic imine (C=N–C) groups is 1. The van der Waals surface area contributed by atoms with Gasteiger partial charge in [-0.1, -0.05) is 12.1 Å². The van der Waals surface area contributed by atoms with E-state index in [-0.39, 0.29) is 6.61 Å². The molecule has 2 aliphatic rings. The van der Waals surface area contributed by atoms with E-state index in [4.69, 9.17) is 15.5 Å². The monoisotopic (exact) mass is 387 g/mol. The first-order valence-corrected chi connectivity index (χ1v) is 10.4. The van der Waals surface area contributed by atoms with Crippen LogP contribution in [-0.2, 0) is 11.3 Å². The van der Waals surface area contributed by atoms with Gasteiger partial charge in [0.25, 0.3) is 5.91 Å². The number of benzene rings is 1. The molecule has 28 heavy (non-hydrogen) atoms. The fraction of sp³-hybridized carbons (Fsp3) is 0.619. The smallest absolute Gasteiger partial charge is 0.255 e. The fourth-order valence-corrected chi connectivity index (χ4v) is 3.98. The number of hydrogen-bond acceptors (Lipinski definition) is 4. The second-order valence-corrected chi connectivity index (χ2v) is 7.68. The van der Waals surface area contributed by atoms with Crippen LogP contribution in [0.3, 0.4) is 0 Å². The Kier molecular flexibility index (Phi) is 7.54. The molecule has 3 N–H and O–H groups in total. The molecule has 1 aromatic carbocycles. The highest BCUT2D eigenvalue weighted by Gasteiger charge is 2.27. The minimum Gasteiger partial charge on any atom is -0.484 e. The van der Waals surface area contributed by atoms with Crippen LogP contribution >= 0.6 is 0 Å². The van der Waals surface area contributed by atoms with Crippen molar-refractivity contribution in [2.45, 2.75) is 32.7 Å². The average Bonchev–Trinajstić information content (AvgIpc) is 3.36. The van der Waals surface area contributed by atoms with E-state index in [0.29, 0.717) is 12.3 Å². The summed E-state index contributed by atoms with van der Waals surface area (Å²) in [6.07, 6.45) is 3.93. The van der Waals surface area contributed by atoms with Gasteiger partial charge in [0.2, 0.25) is 0 Å². The van der Waals surface area contributed by atoms with Gasteiger partial charge in [0.1, 0.15) is 5.75 Å². The molecule has 7 nitrogen and oxygen atoms in total. The lowest BCUT2D eigenvalue weighted by Crippen LogP contribution is -2.40. The van der Waals surface area contributed by atoms with Crippen LogP contribution in [-0.4, -0.2) is 67.5 Å². The van der Waals surface area contributed by atoms with Crippen LogP contribution in [0.4, 0.5) is 0 Å². The van der Waals surface area contributed by atoms with Crippen LogP contribution in [0.2, 0.25) is 0 Å². The number of nitrogens with one attached hydrogen (secondary N) is 1. The zero-order chi connectivity index (χ0) is 19.8. The van der Waals surface area contributed by atoms with Crippen LogP contribution < -0.4 is 15.8 Å². The molecule has 154 valence electrons. The van der Waals surface area contributed by atoms with Gasteiger partial charge >= 0.3 is 0 Å². The summed E-state index contributed by atoms with van der Waals surface area (Å²) in [4.78, 5) is 20.7. The summed E-state index contributed by atoms with van der Waals surface area (Å²) >= 11 is 0. The first-order chi connectivity index (χ1) is 13.6. The van der Waals surface area contributed by atoms with Crippen molar-refractivity contribution in [3.63, 3.8) is 0 Å². The third-order valence-electron chi connectivity index (χ3n) is 5.33. The highest BCUT2D eigenvalue weighted by atomic mass is 16.5. The van der Waals surface area contributed by atoms with Crippen LogP contribution in [0, 0.1) is 5.92 Å². The summed E-state index contributed by atoms with van der Waals surface area (Å²) in [5.74, 6) is 1.88. The average molecular weight is 388 g/mol. The number of ether oxygens (including phenoxy) is 1. The van der Waals surface area contributed by atoms with Crippen molar-refractivity contribution in [2.24, 2.45) is 16.6 Å². The third kappa shape index (κ3) is 6.12. The highest BCUT2D eigenvalue weighted by Crippen LogP contribution is 2.20. The number of nitrogens with two attached hydrogens (primary N) is 1. The topological polar surface area (TPSA) is 83.2 Å². The Morgan fingerprint density at radius 1 is 1.32 bits per heavy atom. The minimum atomic E-state index is -0.477. The van der Waals surface area contributed by atoms with Gasteiger partial charge in [-0.25, -0.2) is 4.99 Å². The zero-order valence-electron chi connectivity index (χ0n) is 16.9. The molecular formula is C21H33N5O2. The first-order valence-electron chi connectivity index (χ1n) is 10.4. The molecule has 0 aliphatic carbocycles. The molecule has 3 rings (SSSR count). The largest absolute Gasteiger partial charge is 0.484 e. The van der Waals surface area contributed by atoms with E-state index < -0.39 is 5.91 Å². The Morgan fingerprint density at radius 2 is 2.14 bits per heavy atom. The Labute approximate surface area is 167 Å². The van der Waals surface area contributed by atoms with Gasteiger partial charge in [-0.05, 0) is 62.9 Å². The zero-order valence-corrected chi connectivity index (χ0v) is 16.9. The van der Waals surface area contributed by atoms with Crippen molar-refractivity contribution in [3.8, 4) is 5.75 Å². The van der Waals surface area contributed by atoms with Gasteiger partial charge in [-0.15, -0.1) is 0 Å². The molecule has 1 aromatic rings. The van der Waals surface area contributed by atoms with E-state index in [1.807, 2.05) is 24.3 Å². The number of rotatable bonds is 8. The van der Waals surface area contributed by atoms with Gasteiger partial charge in [-0.3, -0.25) is 4.79 Å². The number of amides is 1. The van der Waals surface area contributed by atoms with E-state index in [2.05, 4.69) is 22.0 Å². The van der Waals surface area contributed by atoms with Gasteiger partial charge in [0.15, 0.2) is 12.6 Å². The van der Waals surface area contributed by atoms with Gasteiger partial charge in [-0.2, -0.15) is 0 Å². The quantitative estimate of drug-likeness (QED) is 0.521. The molecule has 0 spiro atoms. The van der Waals surface area contributed by atoms with E-state index >= 15 is 0 Å². The lowest BCUT2D eigenvalue weighted by Gasteiger charge is -2.23. The predicted molar refractivity (Wildman–Crippen MR) is 111 cm³/mol. The third-order valence-corrected chi connectivity index (χ3v) is 5.33. The molecule has 2 fully saturated rings.